The summed E-state index contributed by atoms with van der Waals surface area (Å²) in [6.07, 6.45) is 0. The van der Waals surface area contributed by atoms with Crippen LogP contribution in [0.5, 0.6) is 0 Å². The number of carbonyl (C=O) groups is 2. The van der Waals surface area contributed by atoms with Crippen LogP contribution in [0.15, 0.2) is 42.5 Å². The summed E-state index contributed by atoms with van der Waals surface area (Å²) in [7, 11) is 0. The van der Waals surface area contributed by atoms with E-state index in [1.54, 1.807) is 11.0 Å². The Labute approximate surface area is 117 Å². The van der Waals surface area contributed by atoms with Gasteiger partial charge in [0, 0.05) is 0 Å². The lowest BCUT2D eigenvalue weighted by Crippen LogP contribution is -2.29. The fourth-order valence-corrected chi connectivity index (χ4v) is 2.68. The van der Waals surface area contributed by atoms with Crippen LogP contribution < -0.4 is 4.90 Å². The van der Waals surface area contributed by atoms with E-state index in [9.17, 15) is 9.59 Å². The van der Waals surface area contributed by atoms with E-state index in [1.807, 2.05) is 50.2 Å². The first-order chi connectivity index (χ1) is 9.58. The van der Waals surface area contributed by atoms with E-state index in [1.165, 1.54) is 0 Å². The van der Waals surface area contributed by atoms with Crippen LogP contribution in [0.2, 0.25) is 0 Å². The van der Waals surface area contributed by atoms with Crippen molar-refractivity contribution in [3.63, 3.8) is 0 Å². The summed E-state index contributed by atoms with van der Waals surface area (Å²) in [5.74, 6) is -0.841. The highest BCUT2D eigenvalue weighted by Gasteiger charge is 2.36. The number of carbonyl (C=O) groups excluding carboxylic acids is 2. The van der Waals surface area contributed by atoms with E-state index in [4.69, 9.17) is 0 Å². The number of benzene rings is 2. The predicted octanol–water partition coefficient (Wildman–Crippen LogP) is 3.03. The summed E-state index contributed by atoms with van der Waals surface area (Å²) in [6.45, 7) is 4.37. The number of aryl methyl sites for hydroxylation is 2. The van der Waals surface area contributed by atoms with E-state index >= 15 is 0 Å². The van der Waals surface area contributed by atoms with Crippen molar-refractivity contribution in [2.45, 2.75) is 20.4 Å². The Morgan fingerprint density at radius 3 is 2.50 bits per heavy atom. The fraction of sp³-hybridized carbons (Fsp3) is 0.176. The van der Waals surface area contributed by atoms with E-state index < -0.39 is 11.7 Å². The third kappa shape index (κ3) is 1.92. The number of hydrogen-bond donors (Lipinski definition) is 0. The number of ketones is 1. The second-order valence-electron chi connectivity index (χ2n) is 5.18. The molecule has 1 aliphatic heterocycles. The number of fused-ring (bicyclic) bond motifs is 1. The second-order valence-corrected chi connectivity index (χ2v) is 5.18. The molecule has 2 aromatic carbocycles. The maximum absolute atomic E-state index is 12.2. The minimum absolute atomic E-state index is 0.406. The maximum Gasteiger partial charge on any atom is 0.299 e. The zero-order valence-electron chi connectivity index (χ0n) is 11.5. The molecule has 0 aliphatic carbocycles. The Bertz CT molecular complexity index is 719. The third-order valence-corrected chi connectivity index (χ3v) is 3.61. The van der Waals surface area contributed by atoms with Gasteiger partial charge in [0.2, 0.25) is 0 Å². The molecule has 0 unspecified atom stereocenters. The summed E-state index contributed by atoms with van der Waals surface area (Å²) < 4.78 is 0. The molecule has 0 atom stereocenters. The van der Waals surface area contributed by atoms with Gasteiger partial charge >= 0.3 is 0 Å². The highest BCUT2D eigenvalue weighted by molar-refractivity contribution is 6.52. The first-order valence-corrected chi connectivity index (χ1v) is 6.59. The lowest BCUT2D eigenvalue weighted by Gasteiger charge is -2.18. The molecular weight excluding hydrogens is 250 g/mol. The molecule has 3 rings (SSSR count). The van der Waals surface area contributed by atoms with Gasteiger partial charge in [0.25, 0.3) is 11.7 Å². The van der Waals surface area contributed by atoms with Crippen molar-refractivity contribution in [1.29, 1.82) is 0 Å². The van der Waals surface area contributed by atoms with Crippen molar-refractivity contribution in [3.8, 4) is 0 Å². The topological polar surface area (TPSA) is 37.4 Å². The molecule has 0 saturated heterocycles. The highest BCUT2D eigenvalue weighted by atomic mass is 16.2. The summed E-state index contributed by atoms with van der Waals surface area (Å²) in [5, 5.41) is 0. The van der Waals surface area contributed by atoms with Crippen LogP contribution in [0.3, 0.4) is 0 Å². The van der Waals surface area contributed by atoms with Crippen molar-refractivity contribution in [1.82, 2.24) is 0 Å². The largest absolute Gasteiger partial charge is 0.300 e. The van der Waals surface area contributed by atoms with Crippen molar-refractivity contribution in [2.24, 2.45) is 0 Å². The standard InChI is InChI=1S/C17H15NO2/c1-11-5-3-7-13(9-11)10-18-15-12(2)6-4-8-14(15)16(19)17(18)20/h3-9H,10H2,1-2H3. The molecule has 3 nitrogen and oxygen atoms in total. The molecule has 3 heteroatoms. The number of hydrogen-bond acceptors (Lipinski definition) is 2. The normalized spacial score (nSPS) is 13.8. The molecule has 1 amide bonds. The van der Waals surface area contributed by atoms with Crippen LogP contribution in [0.4, 0.5) is 5.69 Å². The first-order valence-electron chi connectivity index (χ1n) is 6.59. The van der Waals surface area contributed by atoms with Gasteiger partial charge in [-0.15, -0.1) is 0 Å². The molecule has 20 heavy (non-hydrogen) atoms. The van der Waals surface area contributed by atoms with Crippen LogP contribution >= 0.6 is 0 Å². The van der Waals surface area contributed by atoms with Crippen LogP contribution in [0, 0.1) is 13.8 Å². The molecule has 0 radical (unpaired) electrons. The summed E-state index contributed by atoms with van der Waals surface area (Å²) in [6, 6.07) is 13.4. The monoisotopic (exact) mass is 265 g/mol. The molecular formula is C17H15NO2. The molecule has 0 saturated carbocycles. The van der Waals surface area contributed by atoms with Crippen LogP contribution in [0.25, 0.3) is 0 Å². The summed E-state index contributed by atoms with van der Waals surface area (Å²) in [5.41, 5.74) is 4.40. The SMILES string of the molecule is Cc1cccc(CN2C(=O)C(=O)c3cccc(C)c32)c1. The highest BCUT2D eigenvalue weighted by Crippen LogP contribution is 2.33. The quantitative estimate of drug-likeness (QED) is 0.783. The Kier molecular flexibility index (Phi) is 2.90. The minimum atomic E-state index is -0.434. The number of para-hydroxylation sites is 1. The van der Waals surface area contributed by atoms with E-state index in [0.717, 1.165) is 22.4 Å². The average Bonchev–Trinajstić information content (AvgIpc) is 2.66. The van der Waals surface area contributed by atoms with Gasteiger partial charge in [-0.3, -0.25) is 9.59 Å². The molecule has 1 aliphatic rings. The average molecular weight is 265 g/mol. The van der Waals surface area contributed by atoms with Gasteiger partial charge in [-0.25, -0.2) is 0 Å². The number of nitrogens with zero attached hydrogens (tertiary/aromatic N) is 1. The van der Waals surface area contributed by atoms with Crippen LogP contribution in [-0.4, -0.2) is 11.7 Å². The molecule has 0 fully saturated rings. The Balaban J connectivity index is 2.03. The van der Waals surface area contributed by atoms with Gasteiger partial charge in [-0.05, 0) is 31.0 Å². The van der Waals surface area contributed by atoms with Crippen molar-refractivity contribution in [2.75, 3.05) is 4.90 Å². The Morgan fingerprint density at radius 1 is 1.00 bits per heavy atom. The molecule has 0 N–H and O–H groups in total. The van der Waals surface area contributed by atoms with Crippen LogP contribution in [-0.2, 0) is 11.3 Å². The van der Waals surface area contributed by atoms with Crippen LogP contribution in [0.1, 0.15) is 27.0 Å². The zero-order valence-corrected chi connectivity index (χ0v) is 11.5. The van der Waals surface area contributed by atoms with Gasteiger partial charge in [-0.2, -0.15) is 0 Å². The zero-order chi connectivity index (χ0) is 14.3. The van der Waals surface area contributed by atoms with Crippen molar-refractivity contribution in [3.05, 3.63) is 64.7 Å². The molecule has 0 spiro atoms. The van der Waals surface area contributed by atoms with E-state index in [0.29, 0.717) is 12.1 Å². The first kappa shape index (κ1) is 12.6. The van der Waals surface area contributed by atoms with Crippen molar-refractivity contribution < 1.29 is 9.59 Å². The maximum atomic E-state index is 12.2. The predicted molar refractivity (Wildman–Crippen MR) is 77.9 cm³/mol. The van der Waals surface area contributed by atoms with Gasteiger partial charge in [0.15, 0.2) is 0 Å². The second kappa shape index (κ2) is 4.60. The molecule has 1 heterocycles. The molecule has 0 aromatic heterocycles. The Morgan fingerprint density at radius 2 is 1.75 bits per heavy atom. The molecule has 0 bridgehead atoms. The third-order valence-electron chi connectivity index (χ3n) is 3.61. The fourth-order valence-electron chi connectivity index (χ4n) is 2.68. The van der Waals surface area contributed by atoms with Gasteiger partial charge in [-0.1, -0.05) is 42.0 Å². The number of Topliss-reactive ketones (excluding diaryl/α,β-unsaturated/α-hetero) is 1. The summed E-state index contributed by atoms with van der Waals surface area (Å²) >= 11 is 0. The van der Waals surface area contributed by atoms with Gasteiger partial charge in [0.05, 0.1) is 17.8 Å². The Hall–Kier alpha value is -2.42. The van der Waals surface area contributed by atoms with Gasteiger partial charge < -0.3 is 4.90 Å². The lowest BCUT2D eigenvalue weighted by atomic mass is 10.1. The number of anilines is 1. The van der Waals surface area contributed by atoms with Gasteiger partial charge in [0.1, 0.15) is 0 Å². The molecule has 2 aromatic rings. The minimum Gasteiger partial charge on any atom is -0.300 e. The molecule has 100 valence electrons. The van der Waals surface area contributed by atoms with E-state index in [2.05, 4.69) is 0 Å². The lowest BCUT2D eigenvalue weighted by molar-refractivity contribution is -0.114. The smallest absolute Gasteiger partial charge is 0.299 e. The number of amides is 1. The van der Waals surface area contributed by atoms with Crippen molar-refractivity contribution >= 4 is 17.4 Å². The number of rotatable bonds is 2. The summed E-state index contributed by atoms with van der Waals surface area (Å²) in [4.78, 5) is 25.8. The van der Waals surface area contributed by atoms with E-state index in [-0.39, 0.29) is 0 Å².